The molecule has 1 atom stereocenters. The van der Waals surface area contributed by atoms with Crippen molar-refractivity contribution in [2.45, 2.75) is 58.9 Å². The lowest BCUT2D eigenvalue weighted by molar-refractivity contribution is -0.145. The second-order valence-electron chi connectivity index (χ2n) is 6.86. The van der Waals surface area contributed by atoms with Crippen LogP contribution in [0.4, 0.5) is 0 Å². The molecule has 2 rings (SSSR count). The first-order chi connectivity index (χ1) is 12.0. The van der Waals surface area contributed by atoms with Gasteiger partial charge in [0.1, 0.15) is 11.6 Å². The van der Waals surface area contributed by atoms with Crippen LogP contribution in [0.5, 0.6) is 0 Å². The monoisotopic (exact) mass is 347 g/mol. The van der Waals surface area contributed by atoms with Gasteiger partial charge >= 0.3 is 5.97 Å². The molecule has 25 heavy (non-hydrogen) atoms. The molecule has 0 saturated carbocycles. The smallest absolute Gasteiger partial charge is 0.307 e. The Morgan fingerprint density at radius 1 is 1.28 bits per heavy atom. The van der Waals surface area contributed by atoms with Crippen molar-refractivity contribution in [3.63, 3.8) is 0 Å². The topological polar surface area (TPSA) is 72.4 Å². The summed E-state index contributed by atoms with van der Waals surface area (Å²) in [6, 6.07) is -0.0203. The molecule has 1 aromatic heterocycles. The summed E-state index contributed by atoms with van der Waals surface area (Å²) in [5.74, 6) is 1.45. The summed E-state index contributed by atoms with van der Waals surface area (Å²) in [6.45, 7) is 7.66. The zero-order valence-electron chi connectivity index (χ0n) is 15.5. The zero-order valence-corrected chi connectivity index (χ0v) is 15.5. The number of esters is 1. The number of carbonyl (C=O) groups is 2. The molecule has 1 aliphatic rings. The molecule has 1 aromatic rings. The van der Waals surface area contributed by atoms with Crippen molar-refractivity contribution in [3.8, 4) is 0 Å². The van der Waals surface area contributed by atoms with Crippen molar-refractivity contribution in [2.24, 2.45) is 5.92 Å². The highest BCUT2D eigenvalue weighted by atomic mass is 16.5. The van der Waals surface area contributed by atoms with E-state index in [1.165, 1.54) is 0 Å². The number of hydrogen-bond acceptors (Lipinski definition) is 6. The van der Waals surface area contributed by atoms with Crippen LogP contribution in [-0.2, 0) is 14.3 Å². The van der Waals surface area contributed by atoms with Gasteiger partial charge in [0.2, 0.25) is 0 Å². The summed E-state index contributed by atoms with van der Waals surface area (Å²) in [5.41, 5.74) is 0.966. The summed E-state index contributed by atoms with van der Waals surface area (Å²) < 4.78 is 5.13. The number of rotatable bonds is 10. The minimum absolute atomic E-state index is 0.0203. The number of hydrogen-bond donors (Lipinski definition) is 0. The van der Waals surface area contributed by atoms with Crippen molar-refractivity contribution in [3.05, 3.63) is 23.8 Å². The van der Waals surface area contributed by atoms with Crippen molar-refractivity contribution in [1.29, 1.82) is 0 Å². The number of aryl methyl sites for hydroxylation is 1. The minimum atomic E-state index is -0.182. The highest BCUT2D eigenvalue weighted by molar-refractivity contribution is 5.75. The number of likely N-dealkylation sites (tertiary alicyclic amines) is 1. The molecule has 0 amide bonds. The third-order valence-electron chi connectivity index (χ3n) is 4.67. The summed E-state index contributed by atoms with van der Waals surface area (Å²) in [5, 5.41) is 0. The molecule has 1 aliphatic heterocycles. The Kier molecular flexibility index (Phi) is 7.50. The van der Waals surface area contributed by atoms with Crippen molar-refractivity contribution in [2.75, 3.05) is 19.7 Å². The van der Waals surface area contributed by atoms with Crippen LogP contribution in [0.1, 0.15) is 63.4 Å². The molecule has 0 spiro atoms. The fraction of sp³-hybridized carbons (Fsp3) is 0.684. The van der Waals surface area contributed by atoms with Gasteiger partial charge in [0.25, 0.3) is 0 Å². The predicted octanol–water partition coefficient (Wildman–Crippen LogP) is 2.86. The van der Waals surface area contributed by atoms with E-state index in [4.69, 9.17) is 4.74 Å². The Balaban J connectivity index is 1.88. The van der Waals surface area contributed by atoms with E-state index in [-0.39, 0.29) is 17.8 Å². The average Bonchev–Trinajstić information content (AvgIpc) is 2.52. The van der Waals surface area contributed by atoms with Crippen molar-refractivity contribution >= 4 is 11.8 Å². The molecular weight excluding hydrogens is 318 g/mol. The molecule has 0 aliphatic carbocycles. The number of carbonyl (C=O) groups excluding carboxylic acids is 2. The molecule has 0 radical (unpaired) electrons. The van der Waals surface area contributed by atoms with E-state index in [9.17, 15) is 9.59 Å². The summed E-state index contributed by atoms with van der Waals surface area (Å²) in [4.78, 5) is 33.8. The van der Waals surface area contributed by atoms with E-state index in [2.05, 4.69) is 14.9 Å². The Morgan fingerprint density at radius 3 is 2.56 bits per heavy atom. The largest absolute Gasteiger partial charge is 0.466 e. The van der Waals surface area contributed by atoms with E-state index in [1.807, 2.05) is 26.2 Å². The fourth-order valence-corrected chi connectivity index (χ4v) is 3.26. The number of unbranched alkanes of at least 4 members (excludes halogenated alkanes) is 1. The van der Waals surface area contributed by atoms with Gasteiger partial charge < -0.3 is 9.53 Å². The maximum Gasteiger partial charge on any atom is 0.307 e. The number of ketones is 1. The van der Waals surface area contributed by atoms with E-state index in [0.717, 1.165) is 43.7 Å². The van der Waals surface area contributed by atoms with Crippen molar-refractivity contribution < 1.29 is 14.3 Å². The van der Waals surface area contributed by atoms with Gasteiger partial charge in [-0.25, -0.2) is 9.97 Å². The van der Waals surface area contributed by atoms with Gasteiger partial charge in [-0.15, -0.1) is 0 Å². The van der Waals surface area contributed by atoms with E-state index < -0.39 is 0 Å². The molecule has 2 heterocycles. The Hall–Kier alpha value is -1.82. The second kappa shape index (κ2) is 9.61. The van der Waals surface area contributed by atoms with Crippen LogP contribution in [0.25, 0.3) is 0 Å². The third-order valence-corrected chi connectivity index (χ3v) is 4.67. The van der Waals surface area contributed by atoms with E-state index in [0.29, 0.717) is 25.4 Å². The summed E-state index contributed by atoms with van der Waals surface area (Å²) >= 11 is 0. The first kappa shape index (κ1) is 19.5. The lowest BCUT2D eigenvalue weighted by atomic mass is 9.89. The van der Waals surface area contributed by atoms with Gasteiger partial charge in [0.05, 0.1) is 13.0 Å². The SMILES string of the molecule is CCOC(=O)C[C@@H](c1cnc(C)nc1)N1CC(CCCCC(C)=O)C1. The normalized spacial score (nSPS) is 16.3. The molecule has 6 nitrogen and oxygen atoms in total. The highest BCUT2D eigenvalue weighted by Gasteiger charge is 2.34. The molecule has 1 saturated heterocycles. The Labute approximate surface area is 150 Å². The summed E-state index contributed by atoms with van der Waals surface area (Å²) in [6.07, 6.45) is 7.84. The minimum Gasteiger partial charge on any atom is -0.466 e. The van der Waals surface area contributed by atoms with Gasteiger partial charge in [0, 0.05) is 43.5 Å². The molecule has 1 fully saturated rings. The molecule has 6 heteroatoms. The lowest BCUT2D eigenvalue weighted by Gasteiger charge is -2.44. The van der Waals surface area contributed by atoms with Crippen LogP contribution >= 0.6 is 0 Å². The summed E-state index contributed by atoms with van der Waals surface area (Å²) in [7, 11) is 0. The van der Waals surface area contributed by atoms with Crippen LogP contribution in [0.3, 0.4) is 0 Å². The number of aromatic nitrogens is 2. The van der Waals surface area contributed by atoms with Gasteiger partial charge in [-0.3, -0.25) is 9.69 Å². The molecule has 0 aromatic carbocycles. The fourth-order valence-electron chi connectivity index (χ4n) is 3.26. The van der Waals surface area contributed by atoms with Crippen LogP contribution in [-0.4, -0.2) is 46.3 Å². The highest BCUT2D eigenvalue weighted by Crippen LogP contribution is 2.33. The maximum atomic E-state index is 12.0. The first-order valence-corrected chi connectivity index (χ1v) is 9.17. The number of nitrogens with zero attached hydrogens (tertiary/aromatic N) is 3. The lowest BCUT2D eigenvalue weighted by Crippen LogP contribution is -2.49. The van der Waals surface area contributed by atoms with Crippen molar-refractivity contribution in [1.82, 2.24) is 14.9 Å². The molecule has 0 unspecified atom stereocenters. The Morgan fingerprint density at radius 2 is 1.96 bits per heavy atom. The third kappa shape index (κ3) is 6.20. The molecular formula is C19H29N3O3. The van der Waals surface area contributed by atoms with Gasteiger partial charge in [-0.05, 0) is 39.5 Å². The Bertz CT molecular complexity index is 568. The maximum absolute atomic E-state index is 12.0. The first-order valence-electron chi connectivity index (χ1n) is 9.17. The van der Waals surface area contributed by atoms with Gasteiger partial charge in [-0.2, -0.15) is 0 Å². The molecule has 0 bridgehead atoms. The predicted molar refractivity (Wildman–Crippen MR) is 95.0 cm³/mol. The number of Topliss-reactive ketones (excluding diaryl/α,β-unsaturated/α-hetero) is 1. The van der Waals surface area contributed by atoms with Crippen LogP contribution in [0.15, 0.2) is 12.4 Å². The zero-order chi connectivity index (χ0) is 18.2. The average molecular weight is 347 g/mol. The van der Waals surface area contributed by atoms with Crippen LogP contribution in [0, 0.1) is 12.8 Å². The second-order valence-corrected chi connectivity index (χ2v) is 6.86. The van der Waals surface area contributed by atoms with Gasteiger partial charge in [0.15, 0.2) is 0 Å². The quantitative estimate of drug-likeness (QED) is 0.479. The van der Waals surface area contributed by atoms with E-state index >= 15 is 0 Å². The molecule has 138 valence electrons. The van der Waals surface area contributed by atoms with Crippen LogP contribution in [0.2, 0.25) is 0 Å². The molecule has 0 N–H and O–H groups in total. The standard InChI is InChI=1S/C19H29N3O3/c1-4-25-19(24)9-18(17-10-20-15(3)21-11-17)22-12-16(13-22)8-6-5-7-14(2)23/h10-11,16,18H,4-9,12-13H2,1-3H3/t18-/m0/s1. The number of ether oxygens (including phenoxy) is 1. The van der Waals surface area contributed by atoms with Crippen LogP contribution < -0.4 is 0 Å². The van der Waals surface area contributed by atoms with Gasteiger partial charge in [-0.1, -0.05) is 6.42 Å². The van der Waals surface area contributed by atoms with E-state index in [1.54, 1.807) is 6.92 Å².